The molecule has 48 heavy (non-hydrogen) atoms. The van der Waals surface area contributed by atoms with Crippen molar-refractivity contribution in [2.24, 2.45) is 11.5 Å². The van der Waals surface area contributed by atoms with E-state index in [1.807, 2.05) is 66.1 Å². The van der Waals surface area contributed by atoms with Crippen LogP contribution in [0.4, 0.5) is 0 Å². The third-order valence-electron chi connectivity index (χ3n) is 5.54. The molecule has 6 N–H and O–H groups in total. The van der Waals surface area contributed by atoms with Crippen molar-refractivity contribution in [3.8, 4) is 23.7 Å². The molecule has 0 amide bonds. The van der Waals surface area contributed by atoms with Crippen molar-refractivity contribution in [2.75, 3.05) is 34.4 Å². The Balaban J connectivity index is 0. The van der Waals surface area contributed by atoms with Crippen molar-refractivity contribution >= 4 is 18.9 Å². The van der Waals surface area contributed by atoms with E-state index >= 15 is 0 Å². The number of hydrogen-bond donors (Lipinski definition) is 4. The van der Waals surface area contributed by atoms with Gasteiger partial charge in [-0.05, 0) is 54.5 Å². The van der Waals surface area contributed by atoms with Crippen LogP contribution in [0.15, 0.2) is 66.7 Å². The topological polar surface area (TPSA) is 155 Å². The van der Waals surface area contributed by atoms with Gasteiger partial charge in [0.15, 0.2) is 13.2 Å². The second-order valence-corrected chi connectivity index (χ2v) is 8.78. The van der Waals surface area contributed by atoms with E-state index in [0.717, 1.165) is 13.1 Å². The van der Waals surface area contributed by atoms with Crippen molar-refractivity contribution in [1.82, 2.24) is 10.6 Å². The van der Waals surface area contributed by atoms with Gasteiger partial charge in [0.25, 0.3) is 12.9 Å². The molecule has 0 aliphatic heterocycles. The van der Waals surface area contributed by atoms with Gasteiger partial charge in [-0.25, -0.2) is 4.79 Å². The van der Waals surface area contributed by atoms with Crippen LogP contribution in [0.5, 0.6) is 0 Å². The Hall–Kier alpha value is -4.97. The van der Waals surface area contributed by atoms with Crippen LogP contribution in [0.2, 0.25) is 0 Å². The number of carbonyl (C=O) groups excluding carboxylic acids is 3. The molecule has 0 fully saturated rings. The summed E-state index contributed by atoms with van der Waals surface area (Å²) >= 11 is 0. The monoisotopic (exact) mass is 660 g/mol. The Morgan fingerprint density at radius 2 is 1.17 bits per heavy atom. The highest BCUT2D eigenvalue weighted by molar-refractivity contribution is 5.92. The Morgan fingerprint density at radius 3 is 1.58 bits per heavy atom. The fourth-order valence-electron chi connectivity index (χ4n) is 3.57. The van der Waals surface area contributed by atoms with Crippen LogP contribution in [0.25, 0.3) is 0 Å². The molecule has 0 spiro atoms. The summed E-state index contributed by atoms with van der Waals surface area (Å²) in [5.41, 5.74) is 17.2. The molecule has 0 heterocycles. The molecular weight excluding hydrogens is 608 g/mol. The minimum Gasteiger partial charge on any atom is -0.465 e. The van der Waals surface area contributed by atoms with Gasteiger partial charge in [-0.3, -0.25) is 9.59 Å². The highest BCUT2D eigenvalue weighted by Crippen LogP contribution is 2.12. The first-order valence-corrected chi connectivity index (χ1v) is 15.6. The molecule has 0 atom stereocenters. The van der Waals surface area contributed by atoms with Crippen LogP contribution >= 0.6 is 0 Å². The first kappa shape index (κ1) is 45.2. The van der Waals surface area contributed by atoms with Crippen molar-refractivity contribution in [2.45, 2.75) is 53.9 Å². The quantitative estimate of drug-likeness (QED) is 0.0769. The summed E-state index contributed by atoms with van der Waals surface area (Å²) in [5.74, 6) is 10.1. The van der Waals surface area contributed by atoms with Crippen molar-refractivity contribution in [1.29, 1.82) is 0 Å². The molecule has 0 aliphatic rings. The lowest BCUT2D eigenvalue weighted by atomic mass is 10.0. The number of ether oxygens (including phenoxy) is 3. The van der Waals surface area contributed by atoms with Crippen LogP contribution in [0.3, 0.4) is 0 Å². The van der Waals surface area contributed by atoms with Crippen LogP contribution in [0, 0.1) is 23.7 Å². The lowest BCUT2D eigenvalue weighted by Crippen LogP contribution is -2.05. The molecule has 260 valence electrons. The van der Waals surface area contributed by atoms with Crippen molar-refractivity contribution in [3.05, 3.63) is 106 Å². The summed E-state index contributed by atoms with van der Waals surface area (Å²) in [5, 5.41) is 6.19. The van der Waals surface area contributed by atoms with E-state index in [1.54, 1.807) is 12.1 Å². The standard InChI is InChI=1S/C16H12O6.2C9H14N2.2C2H6/c1-20-16(19)15-10-13(4-2-8-21-11-17)6-7-14(15)5-3-9-22-12-18;2*1-11-7-9-4-2-3-8(5-9)6-10;2*1-2/h6-7,10-12H,8-9H2,1H3;2*2-5,11H,6-7,10H2,1H3;2*1-2H3. The lowest BCUT2D eigenvalue weighted by Gasteiger charge is -2.03. The van der Waals surface area contributed by atoms with Gasteiger partial charge >= 0.3 is 5.97 Å². The molecular formula is C38H52N4O6. The summed E-state index contributed by atoms with van der Waals surface area (Å²) in [6.07, 6.45) is 0. The number of nitrogens with two attached hydrogens (primary N) is 2. The molecule has 10 heteroatoms. The summed E-state index contributed by atoms with van der Waals surface area (Å²) < 4.78 is 13.6. The molecule has 0 aromatic heterocycles. The number of carbonyl (C=O) groups is 3. The highest BCUT2D eigenvalue weighted by atomic mass is 16.5. The zero-order valence-electron chi connectivity index (χ0n) is 29.4. The lowest BCUT2D eigenvalue weighted by molar-refractivity contribution is -0.128. The van der Waals surface area contributed by atoms with E-state index in [-0.39, 0.29) is 25.2 Å². The first-order chi connectivity index (χ1) is 23.5. The number of esters is 1. The second kappa shape index (κ2) is 32.0. The zero-order valence-corrected chi connectivity index (χ0v) is 29.4. The maximum atomic E-state index is 11.8. The van der Waals surface area contributed by atoms with E-state index in [0.29, 0.717) is 30.7 Å². The van der Waals surface area contributed by atoms with Gasteiger partial charge in [-0.1, -0.05) is 99.9 Å². The molecule has 3 aromatic carbocycles. The minimum atomic E-state index is -0.562. The summed E-state index contributed by atoms with van der Waals surface area (Å²) in [6, 6.07) is 21.4. The molecule has 0 unspecified atom stereocenters. The SMILES string of the molecule is CC.CC.CNCc1cccc(CN)c1.CNCc1cccc(CN)c1.COC(=O)c1cc(C#CCOC=O)ccc1C#CCOC=O. The molecule has 10 nitrogen and oxygen atoms in total. The first-order valence-electron chi connectivity index (χ1n) is 15.6. The Morgan fingerprint density at radius 1 is 0.708 bits per heavy atom. The second-order valence-electron chi connectivity index (χ2n) is 8.78. The highest BCUT2D eigenvalue weighted by Gasteiger charge is 2.11. The third-order valence-corrected chi connectivity index (χ3v) is 5.54. The van der Waals surface area contributed by atoms with Gasteiger partial charge in [-0.15, -0.1) is 0 Å². The molecule has 0 aliphatic carbocycles. The predicted molar refractivity (Wildman–Crippen MR) is 192 cm³/mol. The van der Waals surface area contributed by atoms with Gasteiger partial charge < -0.3 is 36.3 Å². The summed E-state index contributed by atoms with van der Waals surface area (Å²) in [4.78, 5) is 31.8. The van der Waals surface area contributed by atoms with Crippen molar-refractivity contribution in [3.63, 3.8) is 0 Å². The van der Waals surface area contributed by atoms with Crippen molar-refractivity contribution < 1.29 is 28.6 Å². The Labute approximate surface area is 286 Å². The van der Waals surface area contributed by atoms with Gasteiger partial charge in [0.2, 0.25) is 0 Å². The van der Waals surface area contributed by atoms with Crippen LogP contribution < -0.4 is 22.1 Å². The normalized spacial score (nSPS) is 8.69. The van der Waals surface area contributed by atoms with Crippen LogP contribution in [0.1, 0.15) is 71.4 Å². The fourth-order valence-corrected chi connectivity index (χ4v) is 3.57. The molecule has 0 bridgehead atoms. The average Bonchev–Trinajstić information content (AvgIpc) is 3.14. The third kappa shape index (κ3) is 20.9. The predicted octanol–water partition coefficient (Wildman–Crippen LogP) is 4.30. The maximum absolute atomic E-state index is 11.8. The molecule has 3 rings (SSSR count). The van der Waals surface area contributed by atoms with E-state index in [1.165, 1.54) is 35.4 Å². The number of hydrogen-bond acceptors (Lipinski definition) is 10. The largest absolute Gasteiger partial charge is 0.465 e. The van der Waals surface area contributed by atoms with Gasteiger partial charge in [0.05, 0.1) is 12.7 Å². The smallest absolute Gasteiger partial charge is 0.339 e. The summed E-state index contributed by atoms with van der Waals surface area (Å²) in [7, 11) is 5.13. The average molecular weight is 661 g/mol. The van der Waals surface area contributed by atoms with E-state index in [9.17, 15) is 14.4 Å². The number of nitrogens with one attached hydrogen (secondary N) is 2. The van der Waals surface area contributed by atoms with E-state index in [4.69, 9.17) is 11.5 Å². The Kier molecular flexibility index (Phi) is 30.1. The fraction of sp³-hybridized carbons (Fsp3) is 0.342. The maximum Gasteiger partial charge on any atom is 0.339 e. The molecule has 3 aromatic rings. The molecule has 0 radical (unpaired) electrons. The molecule has 0 saturated heterocycles. The number of methoxy groups -OCH3 is 1. The Bertz CT molecular complexity index is 1390. The number of rotatable bonds is 11. The number of benzene rings is 3. The van der Waals surface area contributed by atoms with E-state index < -0.39 is 5.97 Å². The summed E-state index contributed by atoms with van der Waals surface area (Å²) in [6.45, 7) is 11.5. The van der Waals surface area contributed by atoms with Gasteiger partial charge in [0, 0.05) is 37.3 Å². The van der Waals surface area contributed by atoms with E-state index in [2.05, 4.69) is 72.8 Å². The zero-order chi connectivity index (χ0) is 36.4. The van der Waals surface area contributed by atoms with Gasteiger partial charge in [-0.2, -0.15) is 0 Å². The molecule has 0 saturated carbocycles. The van der Waals surface area contributed by atoms with Crippen LogP contribution in [-0.4, -0.2) is 53.3 Å². The minimum absolute atomic E-state index is 0.0400. The van der Waals surface area contributed by atoms with Crippen LogP contribution in [-0.2, 0) is 50.0 Å². The van der Waals surface area contributed by atoms with Gasteiger partial charge in [0.1, 0.15) is 0 Å².